The SMILES string of the molecule is C[C@H](CCCC(C)(C)OCc1ccccc1)[C@H]1CC[C@H]2[C@H](S(=O)(=O)c3ccccc3)CCC[C@]12C. The second-order valence-corrected chi connectivity index (χ2v) is 14.2. The van der Waals surface area contributed by atoms with Crippen molar-refractivity contribution in [3.05, 3.63) is 66.2 Å². The maximum Gasteiger partial charge on any atom is 0.181 e. The number of rotatable bonds is 10. The van der Waals surface area contributed by atoms with Gasteiger partial charge in [-0.2, -0.15) is 0 Å². The van der Waals surface area contributed by atoms with Crippen molar-refractivity contribution in [2.24, 2.45) is 23.2 Å². The first-order valence-electron chi connectivity index (χ1n) is 13.6. The van der Waals surface area contributed by atoms with Gasteiger partial charge in [-0.25, -0.2) is 8.42 Å². The average molecular weight is 497 g/mol. The zero-order valence-electron chi connectivity index (χ0n) is 22.1. The largest absolute Gasteiger partial charge is 0.371 e. The molecule has 0 saturated heterocycles. The van der Waals surface area contributed by atoms with Gasteiger partial charge in [-0.1, -0.05) is 81.6 Å². The van der Waals surface area contributed by atoms with Gasteiger partial charge in [0.05, 0.1) is 22.4 Å². The lowest BCUT2D eigenvalue weighted by molar-refractivity contribution is -0.0378. The van der Waals surface area contributed by atoms with Crippen molar-refractivity contribution < 1.29 is 13.2 Å². The molecule has 5 atom stereocenters. The van der Waals surface area contributed by atoms with Gasteiger partial charge in [-0.05, 0) is 86.8 Å². The maximum absolute atomic E-state index is 13.6. The molecule has 0 radical (unpaired) electrons. The predicted molar refractivity (Wildman–Crippen MR) is 144 cm³/mol. The standard InChI is InChI=1S/C31H44O3S/c1-24(13-11-21-30(2,3)34-23-25-14-7-5-8-15-25)27-19-20-28-29(18-12-22-31(27,28)4)35(32,33)26-16-9-6-10-17-26/h5-10,14-17,24,27-29H,11-13,18-23H2,1-4H3/t24-,27-,28+,29-,31-/m1/s1. The van der Waals surface area contributed by atoms with Crippen LogP contribution in [0.3, 0.4) is 0 Å². The summed E-state index contributed by atoms with van der Waals surface area (Å²) in [6, 6.07) is 19.5. The van der Waals surface area contributed by atoms with Gasteiger partial charge < -0.3 is 4.74 Å². The number of ether oxygens (including phenoxy) is 1. The van der Waals surface area contributed by atoms with Crippen molar-refractivity contribution in [1.29, 1.82) is 0 Å². The molecule has 0 unspecified atom stereocenters. The third kappa shape index (κ3) is 5.85. The van der Waals surface area contributed by atoms with Gasteiger partial charge in [0.1, 0.15) is 0 Å². The highest BCUT2D eigenvalue weighted by atomic mass is 32.2. The molecule has 3 nitrogen and oxygen atoms in total. The van der Waals surface area contributed by atoms with Crippen molar-refractivity contribution in [3.63, 3.8) is 0 Å². The Kier molecular flexibility index (Phi) is 8.12. The minimum atomic E-state index is -3.29. The molecule has 0 heterocycles. The second-order valence-electron chi connectivity index (χ2n) is 12.0. The lowest BCUT2D eigenvalue weighted by Crippen LogP contribution is -2.44. The third-order valence-corrected chi connectivity index (χ3v) is 11.5. The highest BCUT2D eigenvalue weighted by Crippen LogP contribution is 2.60. The Morgan fingerprint density at radius 2 is 1.66 bits per heavy atom. The van der Waals surface area contributed by atoms with Crippen molar-refractivity contribution in [3.8, 4) is 0 Å². The first-order chi connectivity index (χ1) is 16.6. The van der Waals surface area contributed by atoms with E-state index in [-0.39, 0.29) is 22.2 Å². The first-order valence-corrected chi connectivity index (χ1v) is 15.1. The smallest absolute Gasteiger partial charge is 0.181 e. The van der Waals surface area contributed by atoms with E-state index in [0.717, 1.165) is 38.5 Å². The zero-order chi connectivity index (χ0) is 25.1. The van der Waals surface area contributed by atoms with Crippen LogP contribution in [-0.4, -0.2) is 19.3 Å². The van der Waals surface area contributed by atoms with Crippen LogP contribution in [0.2, 0.25) is 0 Å². The molecule has 2 aromatic rings. The van der Waals surface area contributed by atoms with Gasteiger partial charge in [-0.15, -0.1) is 0 Å². The highest BCUT2D eigenvalue weighted by molar-refractivity contribution is 7.92. The Bertz CT molecular complexity index is 1050. The lowest BCUT2D eigenvalue weighted by Gasteiger charge is -2.46. The molecule has 0 N–H and O–H groups in total. The Hall–Kier alpha value is -1.65. The van der Waals surface area contributed by atoms with E-state index >= 15 is 0 Å². The van der Waals surface area contributed by atoms with Gasteiger partial charge in [0.2, 0.25) is 0 Å². The van der Waals surface area contributed by atoms with Crippen LogP contribution in [0.4, 0.5) is 0 Å². The van der Waals surface area contributed by atoms with E-state index in [1.807, 2.05) is 24.3 Å². The molecule has 4 heteroatoms. The van der Waals surface area contributed by atoms with E-state index in [1.54, 1.807) is 12.1 Å². The molecule has 0 aromatic heterocycles. The monoisotopic (exact) mass is 496 g/mol. The van der Waals surface area contributed by atoms with E-state index in [9.17, 15) is 8.42 Å². The zero-order valence-corrected chi connectivity index (χ0v) is 22.9. The van der Waals surface area contributed by atoms with E-state index < -0.39 is 9.84 Å². The second kappa shape index (κ2) is 10.8. The molecule has 0 spiro atoms. The van der Waals surface area contributed by atoms with E-state index in [1.165, 1.54) is 18.4 Å². The molecule has 2 aliphatic carbocycles. The van der Waals surface area contributed by atoms with Crippen molar-refractivity contribution in [2.75, 3.05) is 0 Å². The maximum atomic E-state index is 13.6. The highest BCUT2D eigenvalue weighted by Gasteiger charge is 2.55. The van der Waals surface area contributed by atoms with Crippen LogP contribution < -0.4 is 0 Å². The molecule has 4 rings (SSSR count). The topological polar surface area (TPSA) is 43.4 Å². The third-order valence-electron chi connectivity index (χ3n) is 9.20. The molecule has 192 valence electrons. The fraction of sp³-hybridized carbons (Fsp3) is 0.613. The molecule has 0 amide bonds. The quantitative estimate of drug-likeness (QED) is 0.336. The van der Waals surface area contributed by atoms with Crippen LogP contribution in [-0.2, 0) is 21.2 Å². The van der Waals surface area contributed by atoms with Crippen molar-refractivity contribution in [2.45, 2.75) is 101 Å². The Morgan fingerprint density at radius 1 is 1.00 bits per heavy atom. The molecular weight excluding hydrogens is 452 g/mol. The molecule has 2 aliphatic rings. The lowest BCUT2D eigenvalue weighted by atomic mass is 9.62. The summed E-state index contributed by atoms with van der Waals surface area (Å²) in [4.78, 5) is 0.503. The van der Waals surface area contributed by atoms with E-state index in [0.29, 0.717) is 23.3 Å². The van der Waals surface area contributed by atoms with Crippen molar-refractivity contribution >= 4 is 9.84 Å². The van der Waals surface area contributed by atoms with Crippen LogP contribution in [0.25, 0.3) is 0 Å². The summed E-state index contributed by atoms with van der Waals surface area (Å²) in [6.07, 6.45) is 8.58. The predicted octanol–water partition coefficient (Wildman–Crippen LogP) is 7.85. The fourth-order valence-corrected chi connectivity index (χ4v) is 9.47. The molecule has 2 saturated carbocycles. The first kappa shape index (κ1) is 26.4. The van der Waals surface area contributed by atoms with Gasteiger partial charge >= 0.3 is 0 Å². The summed E-state index contributed by atoms with van der Waals surface area (Å²) in [5, 5.41) is -0.230. The van der Waals surface area contributed by atoms with Gasteiger partial charge in [0.25, 0.3) is 0 Å². The summed E-state index contributed by atoms with van der Waals surface area (Å²) in [6.45, 7) is 9.88. The summed E-state index contributed by atoms with van der Waals surface area (Å²) < 4.78 is 33.4. The van der Waals surface area contributed by atoms with E-state index in [4.69, 9.17) is 4.74 Å². The van der Waals surface area contributed by atoms with Crippen LogP contribution in [0.15, 0.2) is 65.6 Å². The van der Waals surface area contributed by atoms with Crippen LogP contribution in [0.1, 0.15) is 84.6 Å². The molecule has 2 fully saturated rings. The number of hydrogen-bond donors (Lipinski definition) is 0. The Balaban J connectivity index is 1.35. The Labute approximate surface area is 213 Å². The number of fused-ring (bicyclic) bond motifs is 1. The summed E-state index contributed by atoms with van der Waals surface area (Å²) >= 11 is 0. The van der Waals surface area contributed by atoms with Gasteiger partial charge in [0.15, 0.2) is 9.84 Å². The summed E-state index contributed by atoms with van der Waals surface area (Å²) in [7, 11) is -3.29. The number of sulfone groups is 1. The van der Waals surface area contributed by atoms with E-state index in [2.05, 4.69) is 52.0 Å². The van der Waals surface area contributed by atoms with Crippen molar-refractivity contribution in [1.82, 2.24) is 0 Å². The molecular formula is C31H44O3S. The Morgan fingerprint density at radius 3 is 2.34 bits per heavy atom. The van der Waals surface area contributed by atoms with Crippen LogP contribution in [0.5, 0.6) is 0 Å². The molecule has 0 bridgehead atoms. The average Bonchev–Trinajstić information content (AvgIpc) is 3.21. The van der Waals surface area contributed by atoms with Gasteiger partial charge in [0, 0.05) is 0 Å². The minimum absolute atomic E-state index is 0.128. The summed E-state index contributed by atoms with van der Waals surface area (Å²) in [5.41, 5.74) is 1.21. The van der Waals surface area contributed by atoms with Crippen LogP contribution >= 0.6 is 0 Å². The minimum Gasteiger partial charge on any atom is -0.371 e. The number of benzene rings is 2. The molecule has 35 heavy (non-hydrogen) atoms. The van der Waals surface area contributed by atoms with Gasteiger partial charge in [-0.3, -0.25) is 0 Å². The normalized spacial score (nSPS) is 27.9. The summed E-state index contributed by atoms with van der Waals surface area (Å²) in [5.74, 6) is 1.49. The molecule has 0 aliphatic heterocycles. The molecule has 2 aromatic carbocycles. The van der Waals surface area contributed by atoms with Crippen LogP contribution in [0, 0.1) is 23.2 Å². The fourth-order valence-electron chi connectivity index (χ4n) is 7.23. The number of hydrogen-bond acceptors (Lipinski definition) is 3.